The Morgan fingerprint density at radius 2 is 0.943 bits per heavy atom. The van der Waals surface area contributed by atoms with Gasteiger partial charge < -0.3 is 9.80 Å². The minimum Gasteiger partial charge on any atom is -0.334 e. The third-order valence-electron chi connectivity index (χ3n) is 6.97. The molecule has 6 rings (SSSR count). The number of hydrogen-bond donors (Lipinski definition) is 0. The second kappa shape index (κ2) is 7.48. The summed E-state index contributed by atoms with van der Waals surface area (Å²) in [6.45, 7) is 16.0. The van der Waals surface area contributed by atoms with Crippen LogP contribution in [0.3, 0.4) is 0 Å². The van der Waals surface area contributed by atoms with Gasteiger partial charge in [-0.1, -0.05) is 77.9 Å². The number of nitrogens with zero attached hydrogens (tertiary/aromatic N) is 6. The van der Waals surface area contributed by atoms with Gasteiger partial charge in [0.05, 0.1) is 42.5 Å². The van der Waals surface area contributed by atoms with E-state index in [1.807, 2.05) is 0 Å². The standard InChI is InChI=1S/C29H34N6/c1-28(2,3)24-22-17-32-19-33(26(22)34(30-24)20-13-9-7-10-14-20)18-23-25(29(4,5)6)31-35(27(23)32)21-15-11-8-12-16-21/h7-16H,17-19H2,1-6H3. The molecule has 4 heterocycles. The number of para-hydroxylation sites is 2. The van der Waals surface area contributed by atoms with Gasteiger partial charge in [-0.25, -0.2) is 9.36 Å². The van der Waals surface area contributed by atoms with E-state index in [1.165, 1.54) is 22.8 Å². The van der Waals surface area contributed by atoms with Gasteiger partial charge in [0.2, 0.25) is 0 Å². The first kappa shape index (κ1) is 22.0. The van der Waals surface area contributed by atoms with Gasteiger partial charge in [-0.2, -0.15) is 10.2 Å². The molecule has 180 valence electrons. The third kappa shape index (κ3) is 3.46. The van der Waals surface area contributed by atoms with Crippen LogP contribution < -0.4 is 9.80 Å². The Bertz CT molecular complexity index is 1280. The van der Waals surface area contributed by atoms with Crippen molar-refractivity contribution in [2.45, 2.75) is 65.5 Å². The van der Waals surface area contributed by atoms with E-state index in [-0.39, 0.29) is 10.8 Å². The summed E-state index contributed by atoms with van der Waals surface area (Å²) in [5.41, 5.74) is 7.05. The van der Waals surface area contributed by atoms with Crippen LogP contribution in [0.2, 0.25) is 0 Å². The fourth-order valence-electron chi connectivity index (χ4n) is 5.50. The van der Waals surface area contributed by atoms with E-state index >= 15 is 0 Å². The number of rotatable bonds is 2. The topological polar surface area (TPSA) is 42.1 Å². The van der Waals surface area contributed by atoms with Crippen LogP contribution in [0.4, 0.5) is 11.6 Å². The molecule has 0 aliphatic carbocycles. The fraction of sp³-hybridized carbons (Fsp3) is 0.379. The van der Waals surface area contributed by atoms with E-state index in [1.54, 1.807) is 0 Å². The predicted molar refractivity (Wildman–Crippen MR) is 142 cm³/mol. The second-order valence-corrected chi connectivity index (χ2v) is 11.8. The van der Waals surface area contributed by atoms with Gasteiger partial charge in [0.15, 0.2) is 0 Å². The number of anilines is 2. The summed E-state index contributed by atoms with van der Waals surface area (Å²) in [5, 5.41) is 10.4. The molecule has 0 radical (unpaired) electrons. The first-order chi connectivity index (χ1) is 16.6. The van der Waals surface area contributed by atoms with Gasteiger partial charge in [0.1, 0.15) is 11.6 Å². The Hall–Kier alpha value is -3.54. The molecule has 4 aromatic rings. The molecule has 2 aliphatic heterocycles. The molecule has 0 spiro atoms. The van der Waals surface area contributed by atoms with Gasteiger partial charge in [0.25, 0.3) is 0 Å². The van der Waals surface area contributed by atoms with Gasteiger partial charge in [0, 0.05) is 22.0 Å². The highest BCUT2D eigenvalue weighted by molar-refractivity contribution is 5.69. The van der Waals surface area contributed by atoms with Crippen LogP contribution >= 0.6 is 0 Å². The average Bonchev–Trinajstić information content (AvgIpc) is 3.40. The summed E-state index contributed by atoms with van der Waals surface area (Å²) in [4.78, 5) is 4.98. The van der Waals surface area contributed by atoms with Gasteiger partial charge >= 0.3 is 0 Å². The van der Waals surface area contributed by atoms with Crippen LogP contribution in [0.15, 0.2) is 60.7 Å². The third-order valence-corrected chi connectivity index (χ3v) is 6.97. The van der Waals surface area contributed by atoms with Crippen molar-refractivity contribution in [3.05, 3.63) is 83.2 Å². The average molecular weight is 467 g/mol. The molecule has 2 aromatic carbocycles. The SMILES string of the molecule is CC(C)(C)c1nn(-c2ccccc2)c2c1CN1CN2Cc2c(C(C)(C)C)nn(-c3ccccc3)c21. The molecule has 0 saturated carbocycles. The summed E-state index contributed by atoms with van der Waals surface area (Å²) in [7, 11) is 0. The van der Waals surface area contributed by atoms with Crippen molar-refractivity contribution in [1.82, 2.24) is 19.6 Å². The highest BCUT2D eigenvalue weighted by atomic mass is 15.5. The lowest BCUT2D eigenvalue weighted by Crippen LogP contribution is -2.47. The Morgan fingerprint density at radius 1 is 0.571 bits per heavy atom. The maximum Gasteiger partial charge on any atom is 0.139 e. The van der Waals surface area contributed by atoms with Crippen molar-refractivity contribution in [2.75, 3.05) is 16.5 Å². The minimum absolute atomic E-state index is 0.0585. The summed E-state index contributed by atoms with van der Waals surface area (Å²) in [6.07, 6.45) is 0. The van der Waals surface area contributed by atoms with E-state index in [0.717, 1.165) is 42.5 Å². The van der Waals surface area contributed by atoms with E-state index in [4.69, 9.17) is 10.2 Å². The Morgan fingerprint density at radius 3 is 1.29 bits per heavy atom. The molecular formula is C29H34N6. The van der Waals surface area contributed by atoms with Crippen molar-refractivity contribution < 1.29 is 0 Å². The summed E-state index contributed by atoms with van der Waals surface area (Å²) in [6, 6.07) is 21.1. The molecule has 6 nitrogen and oxygen atoms in total. The Labute approximate surface area is 207 Å². The number of fused-ring (bicyclic) bond motifs is 6. The molecule has 0 N–H and O–H groups in total. The zero-order valence-corrected chi connectivity index (χ0v) is 21.6. The molecule has 0 fully saturated rings. The lowest BCUT2D eigenvalue weighted by molar-refractivity contribution is 0.549. The molecule has 35 heavy (non-hydrogen) atoms. The van der Waals surface area contributed by atoms with Crippen LogP contribution in [-0.2, 0) is 23.9 Å². The molecule has 2 aliphatic rings. The van der Waals surface area contributed by atoms with Crippen LogP contribution in [0, 0.1) is 0 Å². The predicted octanol–water partition coefficient (Wildman–Crippen LogP) is 5.95. The zero-order valence-electron chi connectivity index (χ0n) is 21.6. The molecule has 0 saturated heterocycles. The molecule has 0 atom stereocenters. The summed E-state index contributed by atoms with van der Waals surface area (Å²) >= 11 is 0. The Balaban J connectivity index is 1.56. The maximum absolute atomic E-state index is 5.22. The van der Waals surface area contributed by atoms with Crippen molar-refractivity contribution in [2.24, 2.45) is 0 Å². The summed E-state index contributed by atoms with van der Waals surface area (Å²) < 4.78 is 4.33. The zero-order chi connectivity index (χ0) is 24.5. The van der Waals surface area contributed by atoms with Gasteiger partial charge in [-0.05, 0) is 24.3 Å². The molecule has 6 heteroatoms. The van der Waals surface area contributed by atoms with Gasteiger partial charge in [-0.3, -0.25) is 0 Å². The van der Waals surface area contributed by atoms with E-state index in [0.29, 0.717) is 0 Å². The first-order valence-electron chi connectivity index (χ1n) is 12.5. The lowest BCUT2D eigenvalue weighted by atomic mass is 9.87. The van der Waals surface area contributed by atoms with Crippen LogP contribution in [-0.4, -0.2) is 26.2 Å². The molecule has 2 aromatic heterocycles. The normalized spacial score (nSPS) is 15.3. The largest absolute Gasteiger partial charge is 0.334 e. The van der Waals surface area contributed by atoms with Gasteiger partial charge in [-0.15, -0.1) is 0 Å². The summed E-state index contributed by atoms with van der Waals surface area (Å²) in [5.74, 6) is 2.44. The highest BCUT2D eigenvalue weighted by Crippen LogP contribution is 2.45. The fourth-order valence-corrected chi connectivity index (χ4v) is 5.50. The number of benzene rings is 2. The maximum atomic E-state index is 5.22. The lowest BCUT2D eigenvalue weighted by Gasteiger charge is -2.43. The van der Waals surface area contributed by atoms with Crippen molar-refractivity contribution in [1.29, 1.82) is 0 Å². The Kier molecular flexibility index (Phi) is 4.69. The highest BCUT2D eigenvalue weighted by Gasteiger charge is 2.42. The van der Waals surface area contributed by atoms with Crippen LogP contribution in [0.1, 0.15) is 64.1 Å². The quantitative estimate of drug-likeness (QED) is 0.366. The molecule has 0 amide bonds. The van der Waals surface area contributed by atoms with Crippen molar-refractivity contribution in [3.63, 3.8) is 0 Å². The van der Waals surface area contributed by atoms with Crippen LogP contribution in [0.5, 0.6) is 0 Å². The molecule has 2 bridgehead atoms. The monoisotopic (exact) mass is 466 g/mol. The van der Waals surface area contributed by atoms with Crippen molar-refractivity contribution >= 4 is 11.6 Å². The molecular weight excluding hydrogens is 432 g/mol. The second-order valence-electron chi connectivity index (χ2n) is 11.8. The van der Waals surface area contributed by atoms with E-state index < -0.39 is 0 Å². The van der Waals surface area contributed by atoms with E-state index in [2.05, 4.69) is 121 Å². The minimum atomic E-state index is -0.0585. The van der Waals surface area contributed by atoms with Crippen LogP contribution in [0.25, 0.3) is 11.4 Å². The first-order valence-corrected chi connectivity index (χ1v) is 12.5. The molecule has 0 unspecified atom stereocenters. The smallest absolute Gasteiger partial charge is 0.139 e. The number of aromatic nitrogens is 4. The van der Waals surface area contributed by atoms with Crippen molar-refractivity contribution in [3.8, 4) is 11.4 Å². The van der Waals surface area contributed by atoms with E-state index in [9.17, 15) is 0 Å². The number of hydrogen-bond acceptors (Lipinski definition) is 4.